The van der Waals surface area contributed by atoms with Crippen LogP contribution in [0.3, 0.4) is 0 Å². The van der Waals surface area contributed by atoms with Gasteiger partial charge in [0.25, 0.3) is 0 Å². The molecule has 0 fully saturated rings. The average Bonchev–Trinajstić information content (AvgIpc) is 3.27. The van der Waals surface area contributed by atoms with Crippen LogP contribution in [0, 0.1) is 5.92 Å². The molecular formula is C57H110O6. The van der Waals surface area contributed by atoms with E-state index in [4.69, 9.17) is 14.2 Å². The Labute approximate surface area is 393 Å². The van der Waals surface area contributed by atoms with Crippen molar-refractivity contribution in [1.82, 2.24) is 0 Å². The van der Waals surface area contributed by atoms with Gasteiger partial charge in [0, 0.05) is 19.3 Å². The third-order valence-corrected chi connectivity index (χ3v) is 13.0. The Bertz CT molecular complexity index is 949. The summed E-state index contributed by atoms with van der Waals surface area (Å²) in [6.07, 6.45) is 55.2. The van der Waals surface area contributed by atoms with E-state index in [0.29, 0.717) is 19.3 Å². The number of ether oxygens (including phenoxy) is 3. The van der Waals surface area contributed by atoms with Crippen molar-refractivity contribution >= 4 is 17.9 Å². The Morgan fingerprint density at radius 1 is 0.302 bits per heavy atom. The molecule has 63 heavy (non-hydrogen) atoms. The van der Waals surface area contributed by atoms with E-state index in [1.807, 2.05) is 0 Å². The third-order valence-electron chi connectivity index (χ3n) is 13.0. The minimum atomic E-state index is -0.761. The van der Waals surface area contributed by atoms with E-state index in [1.54, 1.807) is 0 Å². The standard InChI is InChI=1S/C57H110O6/c1-5-7-9-11-13-15-17-18-19-20-21-25-29-32-36-40-44-48-55(58)61-51-54(63-57(60)50-46-42-38-34-27-16-14-12-10-8-6-2)52-62-56(59)49-45-41-37-33-30-26-23-22-24-28-31-35-39-43-47-53(3)4/h53-54H,5-52H2,1-4H3/t54-/m0/s1. The summed E-state index contributed by atoms with van der Waals surface area (Å²) in [6.45, 7) is 9.05. The lowest BCUT2D eigenvalue weighted by Crippen LogP contribution is -2.30. The van der Waals surface area contributed by atoms with Crippen LogP contribution in [0.15, 0.2) is 0 Å². The molecule has 0 heterocycles. The monoisotopic (exact) mass is 891 g/mol. The number of esters is 3. The summed E-state index contributed by atoms with van der Waals surface area (Å²) in [7, 11) is 0. The van der Waals surface area contributed by atoms with Crippen LogP contribution < -0.4 is 0 Å². The summed E-state index contributed by atoms with van der Waals surface area (Å²) < 4.78 is 16.9. The highest BCUT2D eigenvalue weighted by molar-refractivity contribution is 5.71. The molecule has 0 amide bonds. The Hall–Kier alpha value is -1.59. The topological polar surface area (TPSA) is 78.9 Å². The predicted octanol–water partition coefficient (Wildman–Crippen LogP) is 18.6. The maximum absolute atomic E-state index is 12.8. The first-order chi connectivity index (χ1) is 30.9. The van der Waals surface area contributed by atoms with E-state index in [0.717, 1.165) is 63.7 Å². The second-order valence-corrected chi connectivity index (χ2v) is 20.1. The van der Waals surface area contributed by atoms with Crippen LogP contribution in [0.25, 0.3) is 0 Å². The molecule has 0 aromatic rings. The van der Waals surface area contributed by atoms with E-state index in [9.17, 15) is 14.4 Å². The quantitative estimate of drug-likeness (QED) is 0.0344. The van der Waals surface area contributed by atoms with Gasteiger partial charge in [-0.1, -0.05) is 285 Å². The van der Waals surface area contributed by atoms with Crippen molar-refractivity contribution in [3.05, 3.63) is 0 Å². The number of hydrogen-bond acceptors (Lipinski definition) is 6. The Morgan fingerprint density at radius 3 is 0.778 bits per heavy atom. The van der Waals surface area contributed by atoms with Gasteiger partial charge >= 0.3 is 17.9 Å². The lowest BCUT2D eigenvalue weighted by Gasteiger charge is -2.18. The Balaban J connectivity index is 4.24. The van der Waals surface area contributed by atoms with Crippen LogP contribution in [-0.4, -0.2) is 37.2 Å². The van der Waals surface area contributed by atoms with E-state index in [-0.39, 0.29) is 31.1 Å². The molecule has 0 aliphatic heterocycles. The molecule has 0 saturated heterocycles. The second-order valence-electron chi connectivity index (χ2n) is 20.1. The molecular weight excluding hydrogens is 781 g/mol. The summed E-state index contributed by atoms with van der Waals surface area (Å²) in [5.74, 6) is 0.00710. The predicted molar refractivity (Wildman–Crippen MR) is 270 cm³/mol. The maximum atomic E-state index is 12.8. The van der Waals surface area contributed by atoms with Crippen molar-refractivity contribution in [2.75, 3.05) is 13.2 Å². The molecule has 0 radical (unpaired) electrons. The van der Waals surface area contributed by atoms with Crippen molar-refractivity contribution in [3.8, 4) is 0 Å². The molecule has 6 nitrogen and oxygen atoms in total. The summed E-state index contributed by atoms with van der Waals surface area (Å²) in [5, 5.41) is 0. The molecule has 0 aliphatic rings. The number of unbranched alkanes of at least 4 members (excludes halogenated alkanes) is 39. The zero-order valence-electron chi connectivity index (χ0n) is 43.0. The van der Waals surface area contributed by atoms with Crippen molar-refractivity contribution in [1.29, 1.82) is 0 Å². The molecule has 0 aromatic heterocycles. The second kappa shape index (κ2) is 51.4. The normalized spacial score (nSPS) is 12.0. The molecule has 374 valence electrons. The molecule has 0 aromatic carbocycles. The summed E-state index contributed by atoms with van der Waals surface area (Å²) >= 11 is 0. The highest BCUT2D eigenvalue weighted by Crippen LogP contribution is 2.18. The van der Waals surface area contributed by atoms with Gasteiger partial charge < -0.3 is 14.2 Å². The summed E-state index contributed by atoms with van der Waals surface area (Å²) in [4.78, 5) is 38.1. The van der Waals surface area contributed by atoms with Gasteiger partial charge in [0.05, 0.1) is 0 Å². The van der Waals surface area contributed by atoms with Gasteiger partial charge in [0.2, 0.25) is 0 Å². The molecule has 0 spiro atoms. The van der Waals surface area contributed by atoms with Gasteiger partial charge in [-0.05, 0) is 25.2 Å². The summed E-state index contributed by atoms with van der Waals surface area (Å²) in [6, 6.07) is 0. The fourth-order valence-electron chi connectivity index (χ4n) is 8.75. The van der Waals surface area contributed by atoms with Crippen molar-refractivity contribution in [2.45, 2.75) is 329 Å². The van der Waals surface area contributed by atoms with Crippen LogP contribution in [-0.2, 0) is 28.6 Å². The smallest absolute Gasteiger partial charge is 0.306 e. The minimum absolute atomic E-state index is 0.0620. The van der Waals surface area contributed by atoms with Crippen molar-refractivity contribution in [2.24, 2.45) is 5.92 Å². The van der Waals surface area contributed by atoms with Crippen molar-refractivity contribution < 1.29 is 28.6 Å². The van der Waals surface area contributed by atoms with Crippen LogP contribution in [0.4, 0.5) is 0 Å². The third kappa shape index (κ3) is 51.3. The van der Waals surface area contributed by atoms with Gasteiger partial charge in [-0.3, -0.25) is 14.4 Å². The number of carbonyl (C=O) groups excluding carboxylic acids is 3. The molecule has 0 bridgehead atoms. The Kier molecular flexibility index (Phi) is 50.1. The van der Waals surface area contributed by atoms with E-state index in [2.05, 4.69) is 27.7 Å². The maximum Gasteiger partial charge on any atom is 0.306 e. The summed E-state index contributed by atoms with van der Waals surface area (Å²) in [5.41, 5.74) is 0. The first-order valence-corrected chi connectivity index (χ1v) is 28.4. The van der Waals surface area contributed by atoms with E-state index < -0.39 is 6.10 Å². The lowest BCUT2D eigenvalue weighted by molar-refractivity contribution is -0.167. The first-order valence-electron chi connectivity index (χ1n) is 28.4. The van der Waals surface area contributed by atoms with Gasteiger partial charge in [0.15, 0.2) is 6.10 Å². The minimum Gasteiger partial charge on any atom is -0.462 e. The number of hydrogen-bond donors (Lipinski definition) is 0. The Morgan fingerprint density at radius 2 is 0.524 bits per heavy atom. The average molecular weight is 892 g/mol. The van der Waals surface area contributed by atoms with Crippen LogP contribution in [0.5, 0.6) is 0 Å². The van der Waals surface area contributed by atoms with Gasteiger partial charge in [-0.25, -0.2) is 0 Å². The van der Waals surface area contributed by atoms with Crippen LogP contribution in [0.2, 0.25) is 0 Å². The highest BCUT2D eigenvalue weighted by Gasteiger charge is 2.19. The molecule has 1 atom stereocenters. The molecule has 0 rings (SSSR count). The fraction of sp³-hybridized carbons (Fsp3) is 0.947. The van der Waals surface area contributed by atoms with E-state index >= 15 is 0 Å². The van der Waals surface area contributed by atoms with Crippen molar-refractivity contribution in [3.63, 3.8) is 0 Å². The first kappa shape index (κ1) is 61.4. The zero-order valence-corrected chi connectivity index (χ0v) is 43.0. The van der Waals surface area contributed by atoms with Gasteiger partial charge in [-0.2, -0.15) is 0 Å². The van der Waals surface area contributed by atoms with Crippen LogP contribution >= 0.6 is 0 Å². The van der Waals surface area contributed by atoms with E-state index in [1.165, 1.54) is 218 Å². The molecule has 6 heteroatoms. The molecule has 0 unspecified atom stereocenters. The SMILES string of the molecule is CCCCCCCCCCCCCCCCCCCC(=O)OC[C@@H](COC(=O)CCCCCCCCCCCCCCCCC(C)C)OC(=O)CCCCCCCCCCCCC. The highest BCUT2D eigenvalue weighted by atomic mass is 16.6. The number of carbonyl (C=O) groups is 3. The van der Waals surface area contributed by atoms with Gasteiger partial charge in [-0.15, -0.1) is 0 Å². The number of rotatable bonds is 52. The lowest BCUT2D eigenvalue weighted by atomic mass is 10.0. The largest absolute Gasteiger partial charge is 0.462 e. The molecule has 0 N–H and O–H groups in total. The zero-order chi connectivity index (χ0) is 45.9. The fourth-order valence-corrected chi connectivity index (χ4v) is 8.75. The molecule has 0 saturated carbocycles. The van der Waals surface area contributed by atoms with Gasteiger partial charge in [0.1, 0.15) is 13.2 Å². The van der Waals surface area contributed by atoms with Crippen LogP contribution in [0.1, 0.15) is 323 Å². The molecule has 0 aliphatic carbocycles.